The summed E-state index contributed by atoms with van der Waals surface area (Å²) in [6.45, 7) is 3.02. The van der Waals surface area contributed by atoms with Crippen LogP contribution in [0.5, 0.6) is 5.75 Å². The van der Waals surface area contributed by atoms with Gasteiger partial charge in [-0.25, -0.2) is 0 Å². The van der Waals surface area contributed by atoms with Gasteiger partial charge in [-0.3, -0.25) is 4.98 Å². The average molecular weight is 299 g/mol. The molecule has 0 aliphatic rings. The Balaban J connectivity index is 2.06. The van der Waals surface area contributed by atoms with Gasteiger partial charge >= 0.3 is 0 Å². The molecule has 0 amide bonds. The highest BCUT2D eigenvalue weighted by Crippen LogP contribution is 2.23. The monoisotopic (exact) mass is 299 g/mol. The molecule has 2 rings (SSSR count). The Hall–Kier alpha value is -1.91. The molecule has 0 aliphatic carbocycles. The van der Waals surface area contributed by atoms with Crippen molar-refractivity contribution in [3.63, 3.8) is 0 Å². The van der Waals surface area contributed by atoms with Gasteiger partial charge in [0.1, 0.15) is 5.75 Å². The number of likely N-dealkylation sites (N-methyl/N-ethyl adjacent to an activating group) is 1. The van der Waals surface area contributed by atoms with Gasteiger partial charge in [-0.05, 0) is 50.3 Å². The second-order valence-electron chi connectivity index (χ2n) is 5.67. The molecule has 4 heteroatoms. The minimum Gasteiger partial charge on any atom is -0.497 e. The zero-order chi connectivity index (χ0) is 15.9. The minimum atomic E-state index is 0.266. The molecule has 2 atom stereocenters. The zero-order valence-electron chi connectivity index (χ0n) is 13.8. The first kappa shape index (κ1) is 16.5. The van der Waals surface area contributed by atoms with E-state index >= 15 is 0 Å². The molecule has 0 bridgehead atoms. The first-order valence-corrected chi connectivity index (χ1v) is 7.55. The van der Waals surface area contributed by atoms with Crippen LogP contribution in [0.25, 0.3) is 0 Å². The Morgan fingerprint density at radius 2 is 1.95 bits per heavy atom. The standard InChI is InChI=1S/C18H25N3O/c1-14(16-8-6-10-19-12-16)20-13-18(21(2)3)15-7-5-9-17(11-15)22-4/h5-12,14,18,20H,13H2,1-4H3. The van der Waals surface area contributed by atoms with Crippen molar-refractivity contribution in [3.05, 3.63) is 59.9 Å². The van der Waals surface area contributed by atoms with E-state index in [2.05, 4.69) is 54.4 Å². The van der Waals surface area contributed by atoms with Crippen molar-refractivity contribution in [1.29, 1.82) is 0 Å². The van der Waals surface area contributed by atoms with Crippen molar-refractivity contribution in [2.75, 3.05) is 27.7 Å². The van der Waals surface area contributed by atoms with Crippen LogP contribution < -0.4 is 10.1 Å². The van der Waals surface area contributed by atoms with Crippen molar-refractivity contribution in [1.82, 2.24) is 15.2 Å². The predicted octanol–water partition coefficient (Wildman–Crippen LogP) is 3.04. The molecule has 1 heterocycles. The fraction of sp³-hybridized carbons (Fsp3) is 0.389. The van der Waals surface area contributed by atoms with Crippen LogP contribution in [0.15, 0.2) is 48.8 Å². The summed E-state index contributed by atoms with van der Waals surface area (Å²) in [5, 5.41) is 3.59. The largest absolute Gasteiger partial charge is 0.497 e. The van der Waals surface area contributed by atoms with Gasteiger partial charge in [0.05, 0.1) is 7.11 Å². The lowest BCUT2D eigenvalue weighted by Crippen LogP contribution is -2.32. The number of aromatic nitrogens is 1. The van der Waals surface area contributed by atoms with Crippen LogP contribution in [0.2, 0.25) is 0 Å². The van der Waals surface area contributed by atoms with E-state index in [0.29, 0.717) is 0 Å². The van der Waals surface area contributed by atoms with Gasteiger partial charge in [0.15, 0.2) is 0 Å². The maximum Gasteiger partial charge on any atom is 0.119 e. The Labute approximate surface area is 133 Å². The number of benzene rings is 1. The van der Waals surface area contributed by atoms with E-state index in [1.807, 2.05) is 24.4 Å². The van der Waals surface area contributed by atoms with E-state index in [1.54, 1.807) is 13.3 Å². The van der Waals surface area contributed by atoms with Crippen molar-refractivity contribution >= 4 is 0 Å². The number of rotatable bonds is 7. The normalized spacial score (nSPS) is 13.9. The Morgan fingerprint density at radius 3 is 2.59 bits per heavy atom. The van der Waals surface area contributed by atoms with Gasteiger partial charge < -0.3 is 15.0 Å². The van der Waals surface area contributed by atoms with Gasteiger partial charge in [0.25, 0.3) is 0 Å². The fourth-order valence-corrected chi connectivity index (χ4v) is 2.49. The number of methoxy groups -OCH3 is 1. The zero-order valence-corrected chi connectivity index (χ0v) is 13.8. The molecule has 0 aliphatic heterocycles. The van der Waals surface area contributed by atoms with E-state index < -0.39 is 0 Å². The molecule has 1 aromatic heterocycles. The lowest BCUT2D eigenvalue weighted by Gasteiger charge is -2.27. The number of nitrogens with one attached hydrogen (secondary N) is 1. The Bertz CT molecular complexity index is 572. The molecule has 1 N–H and O–H groups in total. The van der Waals surface area contributed by atoms with Crippen LogP contribution >= 0.6 is 0 Å². The third-order valence-electron chi connectivity index (χ3n) is 3.90. The van der Waals surface area contributed by atoms with Crippen LogP contribution in [-0.4, -0.2) is 37.6 Å². The van der Waals surface area contributed by atoms with E-state index in [1.165, 1.54) is 11.1 Å². The van der Waals surface area contributed by atoms with Crippen LogP contribution in [0.3, 0.4) is 0 Å². The molecule has 0 fully saturated rings. The van der Waals surface area contributed by atoms with Gasteiger partial charge in [-0.2, -0.15) is 0 Å². The first-order chi connectivity index (χ1) is 10.6. The number of nitrogens with zero attached hydrogens (tertiary/aromatic N) is 2. The van der Waals surface area contributed by atoms with Crippen molar-refractivity contribution < 1.29 is 4.74 Å². The van der Waals surface area contributed by atoms with E-state index in [9.17, 15) is 0 Å². The van der Waals surface area contributed by atoms with E-state index in [0.717, 1.165) is 12.3 Å². The summed E-state index contributed by atoms with van der Waals surface area (Å²) in [7, 11) is 5.90. The molecule has 0 saturated heterocycles. The lowest BCUT2D eigenvalue weighted by molar-refractivity contribution is 0.281. The van der Waals surface area contributed by atoms with Crippen LogP contribution in [0.1, 0.15) is 30.1 Å². The maximum absolute atomic E-state index is 5.33. The molecule has 1 aromatic carbocycles. The second-order valence-corrected chi connectivity index (χ2v) is 5.67. The first-order valence-electron chi connectivity index (χ1n) is 7.55. The molecular weight excluding hydrogens is 274 g/mol. The summed E-state index contributed by atoms with van der Waals surface area (Å²) in [6.07, 6.45) is 3.71. The van der Waals surface area contributed by atoms with Gasteiger partial charge in [0, 0.05) is 31.0 Å². The number of ether oxygens (including phenoxy) is 1. The molecule has 22 heavy (non-hydrogen) atoms. The summed E-state index contributed by atoms with van der Waals surface area (Å²) < 4.78 is 5.33. The van der Waals surface area contributed by atoms with E-state index in [-0.39, 0.29) is 12.1 Å². The second kappa shape index (κ2) is 7.92. The summed E-state index contributed by atoms with van der Waals surface area (Å²) >= 11 is 0. The van der Waals surface area contributed by atoms with Gasteiger partial charge in [-0.15, -0.1) is 0 Å². The molecule has 0 radical (unpaired) electrons. The molecule has 2 unspecified atom stereocenters. The quantitative estimate of drug-likeness (QED) is 0.852. The fourth-order valence-electron chi connectivity index (χ4n) is 2.49. The Morgan fingerprint density at radius 1 is 1.18 bits per heavy atom. The summed E-state index contributed by atoms with van der Waals surface area (Å²) in [4.78, 5) is 6.40. The highest BCUT2D eigenvalue weighted by atomic mass is 16.5. The highest BCUT2D eigenvalue weighted by Gasteiger charge is 2.16. The highest BCUT2D eigenvalue weighted by molar-refractivity contribution is 5.30. The predicted molar refractivity (Wildman–Crippen MR) is 90.1 cm³/mol. The lowest BCUT2D eigenvalue weighted by atomic mass is 10.0. The molecule has 118 valence electrons. The SMILES string of the molecule is COc1cccc(C(CNC(C)c2cccnc2)N(C)C)c1. The number of hydrogen-bond acceptors (Lipinski definition) is 4. The summed E-state index contributed by atoms with van der Waals surface area (Å²) in [5.74, 6) is 0.893. The van der Waals surface area contributed by atoms with E-state index in [4.69, 9.17) is 4.74 Å². The number of hydrogen-bond donors (Lipinski definition) is 1. The number of pyridine rings is 1. The van der Waals surface area contributed by atoms with Crippen molar-refractivity contribution in [2.24, 2.45) is 0 Å². The topological polar surface area (TPSA) is 37.4 Å². The molecule has 2 aromatic rings. The maximum atomic E-state index is 5.33. The minimum absolute atomic E-state index is 0.266. The third-order valence-corrected chi connectivity index (χ3v) is 3.90. The Kier molecular flexibility index (Phi) is 5.92. The van der Waals surface area contributed by atoms with Crippen LogP contribution in [-0.2, 0) is 0 Å². The van der Waals surface area contributed by atoms with Crippen molar-refractivity contribution in [3.8, 4) is 5.75 Å². The average Bonchev–Trinajstić information content (AvgIpc) is 2.55. The smallest absolute Gasteiger partial charge is 0.119 e. The summed E-state index contributed by atoms with van der Waals surface area (Å²) in [6, 6.07) is 12.9. The van der Waals surface area contributed by atoms with Gasteiger partial charge in [0.2, 0.25) is 0 Å². The third kappa shape index (κ3) is 4.29. The van der Waals surface area contributed by atoms with Gasteiger partial charge in [-0.1, -0.05) is 18.2 Å². The van der Waals surface area contributed by atoms with Crippen LogP contribution in [0.4, 0.5) is 0 Å². The molecule has 0 saturated carbocycles. The molecular formula is C18H25N3O. The van der Waals surface area contributed by atoms with Crippen molar-refractivity contribution in [2.45, 2.75) is 19.0 Å². The molecule has 4 nitrogen and oxygen atoms in total. The summed E-state index contributed by atoms with van der Waals surface area (Å²) in [5.41, 5.74) is 2.45. The molecule has 0 spiro atoms. The van der Waals surface area contributed by atoms with Crippen LogP contribution in [0, 0.1) is 0 Å².